The number of hydrogen-bond donors (Lipinski definition) is 1. The summed E-state index contributed by atoms with van der Waals surface area (Å²) in [5.41, 5.74) is 0. The molecular formula is C24H31N2O9P3. The zero-order valence-electron chi connectivity index (χ0n) is 21.9. The molecule has 3 unspecified atom stereocenters. The average Bonchev–Trinajstić information content (AvgIpc) is 2.97. The number of hydrogen-bond acceptors (Lipinski definition) is 10. The van der Waals surface area contributed by atoms with Gasteiger partial charge < -0.3 is 41.4 Å². The van der Waals surface area contributed by atoms with Gasteiger partial charge in [-0.3, -0.25) is 0 Å². The molecule has 0 bridgehead atoms. The third-order valence-electron chi connectivity index (χ3n) is 4.76. The first kappa shape index (κ1) is 29.9. The topological polar surface area (TPSA) is 107 Å². The second-order valence-corrected chi connectivity index (χ2v) is 12.2. The van der Waals surface area contributed by atoms with E-state index in [0.29, 0.717) is 34.5 Å². The highest BCUT2D eigenvalue weighted by Gasteiger charge is 2.34. The standard InChI is InChI=1S/C24H31N2O9P3/c1-27-19-13-7-10-16-22(19)33-36(30-4)25-38(32-6,35-24-18-12-9-15-21(24)29-3)26-37(31-5)34-23-17-11-8-14-20(23)28-2/h7-18,25H,1-6H3. The summed E-state index contributed by atoms with van der Waals surface area (Å²) in [6.45, 7) is 0. The SMILES string of the molecule is COc1ccccc1OP(N=P(NP(OC)Oc1ccccc1OC)(OC)Oc1ccccc1OC)OC. The van der Waals surface area contributed by atoms with Crippen molar-refractivity contribution in [3.8, 4) is 34.5 Å². The fourth-order valence-corrected chi connectivity index (χ4v) is 8.21. The lowest BCUT2D eigenvalue weighted by molar-refractivity contribution is 0.342. The molecule has 0 fully saturated rings. The van der Waals surface area contributed by atoms with Crippen molar-refractivity contribution in [2.75, 3.05) is 42.7 Å². The lowest BCUT2D eigenvalue weighted by Gasteiger charge is -2.28. The van der Waals surface area contributed by atoms with Gasteiger partial charge in [0, 0.05) is 21.3 Å². The van der Waals surface area contributed by atoms with Crippen LogP contribution in [0.25, 0.3) is 0 Å². The van der Waals surface area contributed by atoms with Crippen molar-refractivity contribution >= 4 is 24.7 Å². The van der Waals surface area contributed by atoms with Crippen molar-refractivity contribution in [3.63, 3.8) is 0 Å². The van der Waals surface area contributed by atoms with Gasteiger partial charge in [-0.25, -0.2) is 0 Å². The quantitative estimate of drug-likeness (QED) is 0.185. The van der Waals surface area contributed by atoms with Gasteiger partial charge in [0.05, 0.1) is 21.3 Å². The summed E-state index contributed by atoms with van der Waals surface area (Å²) in [6.07, 6.45) is 0. The van der Waals surface area contributed by atoms with Crippen LogP contribution in [-0.2, 0) is 13.6 Å². The van der Waals surface area contributed by atoms with Crippen LogP contribution >= 0.6 is 24.7 Å². The number of nitrogens with one attached hydrogen (secondary N) is 1. The summed E-state index contributed by atoms with van der Waals surface area (Å²) in [5.74, 6) is 2.81. The first-order chi connectivity index (χ1) is 18.5. The molecular weight excluding hydrogens is 553 g/mol. The Morgan fingerprint density at radius 3 is 1.47 bits per heavy atom. The largest absolute Gasteiger partial charge is 0.493 e. The van der Waals surface area contributed by atoms with Crippen LogP contribution in [0.1, 0.15) is 0 Å². The number of para-hydroxylation sites is 6. The Morgan fingerprint density at radius 1 is 0.579 bits per heavy atom. The summed E-state index contributed by atoms with van der Waals surface area (Å²) in [4.78, 5) is 3.18. The van der Waals surface area contributed by atoms with E-state index in [4.69, 9.17) is 45.9 Å². The number of benzene rings is 3. The van der Waals surface area contributed by atoms with E-state index >= 15 is 0 Å². The second-order valence-electron chi connectivity index (χ2n) is 6.98. The molecule has 3 aromatic rings. The molecule has 3 aromatic carbocycles. The molecule has 206 valence electrons. The van der Waals surface area contributed by atoms with Crippen LogP contribution in [0.3, 0.4) is 0 Å². The number of nitrogens with zero attached hydrogens (tertiary/aromatic N) is 1. The van der Waals surface area contributed by atoms with Gasteiger partial charge in [-0.15, -0.1) is 9.37 Å². The van der Waals surface area contributed by atoms with Gasteiger partial charge in [-0.1, -0.05) is 36.4 Å². The highest BCUT2D eigenvalue weighted by Crippen LogP contribution is 2.62. The Kier molecular flexibility index (Phi) is 11.9. The second kappa shape index (κ2) is 15.1. The van der Waals surface area contributed by atoms with E-state index in [1.165, 1.54) is 21.3 Å². The number of methoxy groups -OCH3 is 3. The first-order valence-corrected chi connectivity index (χ1v) is 15.0. The Morgan fingerprint density at radius 2 is 1.03 bits per heavy atom. The van der Waals surface area contributed by atoms with Crippen LogP contribution < -0.4 is 32.6 Å². The fourth-order valence-electron chi connectivity index (χ4n) is 2.95. The van der Waals surface area contributed by atoms with Gasteiger partial charge in [0.2, 0.25) is 0 Å². The van der Waals surface area contributed by atoms with E-state index in [2.05, 4.69) is 4.86 Å². The molecule has 0 radical (unpaired) electrons. The summed E-state index contributed by atoms with van der Waals surface area (Å²) in [7, 11) is 1.83. The maximum atomic E-state index is 6.36. The van der Waals surface area contributed by atoms with E-state index in [1.54, 1.807) is 63.8 Å². The molecule has 11 nitrogen and oxygen atoms in total. The van der Waals surface area contributed by atoms with Gasteiger partial charge in [-0.2, -0.15) is 0 Å². The minimum Gasteiger partial charge on any atom is -0.493 e. The van der Waals surface area contributed by atoms with Crippen molar-refractivity contribution in [2.45, 2.75) is 0 Å². The summed E-state index contributed by atoms with van der Waals surface area (Å²) < 4.78 is 56.7. The molecule has 14 heteroatoms. The minimum absolute atomic E-state index is 0.383. The smallest absolute Gasteiger partial charge is 0.377 e. The molecule has 0 amide bonds. The average molecular weight is 584 g/mol. The highest BCUT2D eigenvalue weighted by molar-refractivity contribution is 7.70. The van der Waals surface area contributed by atoms with Crippen molar-refractivity contribution in [1.29, 1.82) is 0 Å². The van der Waals surface area contributed by atoms with Gasteiger partial charge in [0.25, 0.3) is 0 Å². The first-order valence-electron chi connectivity index (χ1n) is 11.1. The van der Waals surface area contributed by atoms with Crippen molar-refractivity contribution < 1.29 is 41.4 Å². The monoisotopic (exact) mass is 584 g/mol. The molecule has 0 saturated heterocycles. The summed E-state index contributed by atoms with van der Waals surface area (Å²) >= 11 is 0. The predicted molar refractivity (Wildman–Crippen MR) is 148 cm³/mol. The predicted octanol–water partition coefficient (Wildman–Crippen LogP) is 7.18. The van der Waals surface area contributed by atoms with E-state index in [-0.39, 0.29) is 0 Å². The Bertz CT molecular complexity index is 1220. The van der Waals surface area contributed by atoms with E-state index in [1.807, 2.05) is 30.3 Å². The molecule has 3 rings (SSSR count). The summed E-state index contributed by atoms with van der Waals surface area (Å²) in [6, 6.07) is 21.5. The molecule has 0 aliphatic heterocycles. The zero-order chi connectivity index (χ0) is 27.4. The summed E-state index contributed by atoms with van der Waals surface area (Å²) in [5, 5.41) is 0. The molecule has 0 heterocycles. The van der Waals surface area contributed by atoms with Crippen LogP contribution in [0.4, 0.5) is 0 Å². The third kappa shape index (κ3) is 7.95. The highest BCUT2D eigenvalue weighted by atomic mass is 31.3. The van der Waals surface area contributed by atoms with Crippen LogP contribution in [0, 0.1) is 0 Å². The Labute approximate surface area is 225 Å². The molecule has 0 aliphatic rings. The maximum Gasteiger partial charge on any atom is 0.377 e. The molecule has 0 aromatic heterocycles. The molecule has 0 aliphatic carbocycles. The van der Waals surface area contributed by atoms with E-state index < -0.39 is 24.7 Å². The Hall–Kier alpha value is -2.61. The molecule has 3 atom stereocenters. The normalized spacial score (nSPS) is 13.9. The van der Waals surface area contributed by atoms with Crippen LogP contribution in [-0.4, -0.2) is 42.7 Å². The Balaban J connectivity index is 2.03. The minimum atomic E-state index is -3.43. The van der Waals surface area contributed by atoms with Gasteiger partial charge in [0.1, 0.15) is 0 Å². The van der Waals surface area contributed by atoms with Gasteiger partial charge in [0.15, 0.2) is 34.5 Å². The van der Waals surface area contributed by atoms with Crippen LogP contribution in [0.5, 0.6) is 34.5 Å². The van der Waals surface area contributed by atoms with E-state index in [0.717, 1.165) is 0 Å². The van der Waals surface area contributed by atoms with Gasteiger partial charge in [-0.05, 0) is 36.4 Å². The number of rotatable bonds is 15. The lowest BCUT2D eigenvalue weighted by atomic mass is 10.3. The zero-order valence-corrected chi connectivity index (χ0v) is 24.6. The lowest BCUT2D eigenvalue weighted by Crippen LogP contribution is -2.15. The third-order valence-corrected chi connectivity index (χ3v) is 10.2. The van der Waals surface area contributed by atoms with Crippen LogP contribution in [0.15, 0.2) is 77.3 Å². The van der Waals surface area contributed by atoms with Gasteiger partial charge >= 0.3 is 24.7 Å². The fraction of sp³-hybridized carbons (Fsp3) is 0.250. The van der Waals surface area contributed by atoms with Crippen LogP contribution in [0.2, 0.25) is 0 Å². The van der Waals surface area contributed by atoms with Crippen molar-refractivity contribution in [3.05, 3.63) is 72.8 Å². The van der Waals surface area contributed by atoms with E-state index in [9.17, 15) is 0 Å². The molecule has 38 heavy (non-hydrogen) atoms. The van der Waals surface area contributed by atoms with Crippen molar-refractivity contribution in [1.82, 2.24) is 4.86 Å². The molecule has 0 saturated carbocycles. The molecule has 1 N–H and O–H groups in total. The van der Waals surface area contributed by atoms with Crippen molar-refractivity contribution in [2.24, 2.45) is 4.52 Å². The maximum absolute atomic E-state index is 6.36. The molecule has 0 spiro atoms. The number of ether oxygens (including phenoxy) is 3.